The van der Waals surface area contributed by atoms with Crippen molar-refractivity contribution in [1.29, 1.82) is 0 Å². The second kappa shape index (κ2) is 5.97. The number of benzene rings is 3. The lowest BCUT2D eigenvalue weighted by Gasteiger charge is -2.09. The Balaban J connectivity index is 1.81. The zero-order valence-electron chi connectivity index (χ0n) is 12.6. The Morgan fingerprint density at radius 1 is 0.875 bits per heavy atom. The fourth-order valence-corrected chi connectivity index (χ4v) is 3.64. The third kappa shape index (κ3) is 2.48. The summed E-state index contributed by atoms with van der Waals surface area (Å²) in [5, 5.41) is 10.8. The van der Waals surface area contributed by atoms with Crippen LogP contribution in [0.2, 0.25) is 10.0 Å². The number of rotatable bonds is 2. The van der Waals surface area contributed by atoms with Gasteiger partial charge in [-0.1, -0.05) is 71.7 Å². The van der Waals surface area contributed by atoms with Crippen molar-refractivity contribution in [3.05, 3.63) is 87.4 Å². The van der Waals surface area contributed by atoms with Gasteiger partial charge in [-0.3, -0.25) is 4.99 Å². The van der Waals surface area contributed by atoms with Crippen molar-refractivity contribution in [3.8, 4) is 16.9 Å². The average Bonchev–Trinajstić information content (AvgIpc) is 2.91. The third-order valence-electron chi connectivity index (χ3n) is 4.22. The lowest BCUT2D eigenvalue weighted by atomic mass is 10.1. The zero-order valence-corrected chi connectivity index (χ0v) is 14.1. The number of aliphatic imine (C=N–C) groups is 1. The van der Waals surface area contributed by atoms with Crippen LogP contribution in [-0.4, -0.2) is 11.3 Å². The molecule has 1 aliphatic carbocycles. The Labute approximate surface area is 150 Å². The number of phenolic OH excluding ortho intramolecular Hbond substituents is 1. The van der Waals surface area contributed by atoms with Crippen LogP contribution in [0.3, 0.4) is 0 Å². The van der Waals surface area contributed by atoms with Crippen molar-refractivity contribution in [2.24, 2.45) is 4.99 Å². The Kier molecular flexibility index (Phi) is 3.79. The minimum Gasteiger partial charge on any atom is -0.506 e. The molecule has 0 saturated carbocycles. The maximum absolute atomic E-state index is 10.1. The number of halogens is 2. The highest BCUT2D eigenvalue weighted by molar-refractivity contribution is 6.36. The van der Waals surface area contributed by atoms with E-state index in [4.69, 9.17) is 28.2 Å². The highest BCUT2D eigenvalue weighted by Gasteiger charge is 2.27. The van der Waals surface area contributed by atoms with Crippen LogP contribution in [0.1, 0.15) is 22.7 Å². The summed E-state index contributed by atoms with van der Waals surface area (Å²) in [5.41, 5.74) is 5.21. The minimum absolute atomic E-state index is 0.00983. The largest absolute Gasteiger partial charge is 0.506 e. The van der Waals surface area contributed by atoms with Gasteiger partial charge in [-0.2, -0.15) is 0 Å². The van der Waals surface area contributed by atoms with Crippen molar-refractivity contribution in [1.82, 2.24) is 0 Å². The van der Waals surface area contributed by atoms with Crippen molar-refractivity contribution < 1.29 is 5.11 Å². The molecule has 24 heavy (non-hydrogen) atoms. The molecule has 0 heterocycles. The Bertz CT molecular complexity index is 920. The smallest absolute Gasteiger partial charge is 0.143 e. The van der Waals surface area contributed by atoms with Crippen LogP contribution in [0.4, 0.5) is 0 Å². The standard InChI is InChI=1S/C20H13Cl2NO/c21-13-9-12(20(24)18(22)10-13)11-23-19-16-7-3-1-5-14(16)15-6-2-4-8-17(15)19/h1-11,19,24H. The van der Waals surface area contributed by atoms with Gasteiger partial charge in [-0.15, -0.1) is 0 Å². The van der Waals surface area contributed by atoms with E-state index in [0.29, 0.717) is 10.6 Å². The first-order valence-electron chi connectivity index (χ1n) is 7.54. The lowest BCUT2D eigenvalue weighted by molar-refractivity contribution is 0.474. The first-order chi connectivity index (χ1) is 11.6. The number of nitrogens with zero attached hydrogens (tertiary/aromatic N) is 1. The van der Waals surface area contributed by atoms with Crippen LogP contribution in [0, 0.1) is 0 Å². The van der Waals surface area contributed by atoms with Crippen LogP contribution >= 0.6 is 23.2 Å². The van der Waals surface area contributed by atoms with E-state index in [-0.39, 0.29) is 16.8 Å². The molecule has 1 N–H and O–H groups in total. The van der Waals surface area contributed by atoms with E-state index >= 15 is 0 Å². The second-order valence-corrected chi connectivity index (χ2v) is 6.52. The predicted molar refractivity (Wildman–Crippen MR) is 99.4 cm³/mol. The summed E-state index contributed by atoms with van der Waals surface area (Å²) in [7, 11) is 0. The Hall–Kier alpha value is -2.29. The second-order valence-electron chi connectivity index (χ2n) is 5.68. The highest BCUT2D eigenvalue weighted by Crippen LogP contribution is 2.45. The number of aromatic hydroxyl groups is 1. The van der Waals surface area contributed by atoms with E-state index < -0.39 is 0 Å². The number of phenols is 1. The summed E-state index contributed by atoms with van der Waals surface area (Å²) in [5.74, 6) is -0.00983. The molecule has 2 nitrogen and oxygen atoms in total. The predicted octanol–water partition coefficient (Wildman–Crippen LogP) is 5.89. The normalized spacial score (nSPS) is 13.2. The monoisotopic (exact) mass is 353 g/mol. The molecule has 118 valence electrons. The SMILES string of the molecule is Oc1c(Cl)cc(Cl)cc1C=NC1c2ccccc2-c2ccccc21. The molecule has 0 saturated heterocycles. The molecule has 3 aromatic rings. The molecule has 0 atom stereocenters. The van der Waals surface area contributed by atoms with E-state index in [9.17, 15) is 5.11 Å². The molecule has 0 unspecified atom stereocenters. The van der Waals surface area contributed by atoms with Gasteiger partial charge in [0.1, 0.15) is 11.8 Å². The molecule has 4 rings (SSSR count). The molecule has 0 spiro atoms. The van der Waals surface area contributed by atoms with Crippen LogP contribution in [0.25, 0.3) is 11.1 Å². The van der Waals surface area contributed by atoms with Crippen molar-refractivity contribution in [2.45, 2.75) is 6.04 Å². The number of hydrogen-bond acceptors (Lipinski definition) is 2. The van der Waals surface area contributed by atoms with Crippen molar-refractivity contribution >= 4 is 29.4 Å². The molecular formula is C20H13Cl2NO. The number of fused-ring (bicyclic) bond motifs is 3. The molecule has 4 heteroatoms. The summed E-state index contributed by atoms with van der Waals surface area (Å²) < 4.78 is 0. The summed E-state index contributed by atoms with van der Waals surface area (Å²) in [6, 6.07) is 19.5. The molecule has 0 aromatic heterocycles. The quantitative estimate of drug-likeness (QED) is 0.572. The van der Waals surface area contributed by atoms with Gasteiger partial charge in [0.25, 0.3) is 0 Å². The topological polar surface area (TPSA) is 32.6 Å². The van der Waals surface area contributed by atoms with Gasteiger partial charge in [0, 0.05) is 16.8 Å². The summed E-state index contributed by atoms with van der Waals surface area (Å²) in [6.07, 6.45) is 1.64. The van der Waals surface area contributed by atoms with Crippen LogP contribution in [0.5, 0.6) is 5.75 Å². The minimum atomic E-state index is -0.102. The van der Waals surface area contributed by atoms with Gasteiger partial charge in [0.05, 0.1) is 5.02 Å². The van der Waals surface area contributed by atoms with Crippen LogP contribution < -0.4 is 0 Å². The molecule has 0 fully saturated rings. The Morgan fingerprint density at radius 3 is 2.08 bits per heavy atom. The Morgan fingerprint density at radius 2 is 1.46 bits per heavy atom. The first-order valence-corrected chi connectivity index (χ1v) is 8.30. The first kappa shape index (κ1) is 15.3. The summed E-state index contributed by atoms with van der Waals surface area (Å²) in [4.78, 5) is 4.72. The zero-order chi connectivity index (χ0) is 16.7. The summed E-state index contributed by atoms with van der Waals surface area (Å²) in [6.45, 7) is 0. The third-order valence-corrected chi connectivity index (χ3v) is 4.73. The number of hydrogen-bond donors (Lipinski definition) is 1. The fraction of sp³-hybridized carbons (Fsp3) is 0.0500. The molecule has 0 amide bonds. The van der Waals surface area contributed by atoms with Gasteiger partial charge < -0.3 is 5.11 Å². The molecule has 0 bridgehead atoms. The van der Waals surface area contributed by atoms with E-state index in [1.54, 1.807) is 12.3 Å². The van der Waals surface area contributed by atoms with E-state index in [0.717, 1.165) is 11.1 Å². The van der Waals surface area contributed by atoms with Crippen molar-refractivity contribution in [3.63, 3.8) is 0 Å². The molecular weight excluding hydrogens is 341 g/mol. The van der Waals surface area contributed by atoms with Gasteiger partial charge in [-0.05, 0) is 34.4 Å². The molecule has 3 aromatic carbocycles. The maximum atomic E-state index is 10.1. The van der Waals surface area contributed by atoms with Gasteiger partial charge in [0.15, 0.2) is 0 Å². The molecule has 0 aliphatic heterocycles. The van der Waals surface area contributed by atoms with Crippen LogP contribution in [-0.2, 0) is 0 Å². The summed E-state index contributed by atoms with van der Waals surface area (Å²) >= 11 is 12.0. The lowest BCUT2D eigenvalue weighted by Crippen LogP contribution is -1.94. The van der Waals surface area contributed by atoms with Gasteiger partial charge in [0.2, 0.25) is 0 Å². The van der Waals surface area contributed by atoms with E-state index in [1.165, 1.54) is 17.2 Å². The van der Waals surface area contributed by atoms with Gasteiger partial charge >= 0.3 is 0 Å². The molecule has 0 radical (unpaired) electrons. The van der Waals surface area contributed by atoms with Crippen LogP contribution in [0.15, 0.2) is 65.7 Å². The maximum Gasteiger partial charge on any atom is 0.143 e. The van der Waals surface area contributed by atoms with E-state index in [1.807, 2.05) is 24.3 Å². The van der Waals surface area contributed by atoms with Crippen molar-refractivity contribution in [2.75, 3.05) is 0 Å². The van der Waals surface area contributed by atoms with Gasteiger partial charge in [-0.25, -0.2) is 0 Å². The highest BCUT2D eigenvalue weighted by atomic mass is 35.5. The van der Waals surface area contributed by atoms with E-state index in [2.05, 4.69) is 24.3 Å². The fourth-order valence-electron chi connectivity index (χ4n) is 3.13. The molecule has 1 aliphatic rings. The average molecular weight is 354 g/mol.